The van der Waals surface area contributed by atoms with E-state index in [1.807, 2.05) is 0 Å². The molecule has 0 aromatic rings. The molecule has 7 nitrogen and oxygen atoms in total. The number of carbonyl (C=O) groups excluding carboxylic acids is 1. The van der Waals surface area contributed by atoms with Gasteiger partial charge < -0.3 is 25.7 Å². The van der Waals surface area contributed by atoms with Crippen LogP contribution >= 0.6 is 0 Å². The predicted molar refractivity (Wildman–Crippen MR) is 72.4 cm³/mol. The van der Waals surface area contributed by atoms with Gasteiger partial charge in [0.2, 0.25) is 0 Å². The molecule has 2 amide bonds. The van der Waals surface area contributed by atoms with Crippen molar-refractivity contribution in [3.8, 4) is 0 Å². The predicted octanol–water partition coefficient (Wildman–Crippen LogP) is -0.254. The second kappa shape index (κ2) is 6.41. The molecule has 7 heteroatoms. The Morgan fingerprint density at radius 3 is 2.70 bits per heavy atom. The third-order valence-corrected chi connectivity index (χ3v) is 4.19. The SMILES string of the molecule is C[C@@H](O)[C@H](NC(=O)NC1CCN2CCCC2C1)C(=O)O. The van der Waals surface area contributed by atoms with Gasteiger partial charge in [0.25, 0.3) is 0 Å². The lowest BCUT2D eigenvalue weighted by Gasteiger charge is -2.35. The Morgan fingerprint density at radius 1 is 1.30 bits per heavy atom. The van der Waals surface area contributed by atoms with Crippen LogP contribution in [0.5, 0.6) is 0 Å². The van der Waals surface area contributed by atoms with Crippen LogP contribution in [-0.4, -0.2) is 64.4 Å². The van der Waals surface area contributed by atoms with Gasteiger partial charge in [-0.3, -0.25) is 0 Å². The summed E-state index contributed by atoms with van der Waals surface area (Å²) in [5.74, 6) is -1.24. The van der Waals surface area contributed by atoms with E-state index < -0.39 is 24.1 Å². The van der Waals surface area contributed by atoms with Crippen molar-refractivity contribution in [2.75, 3.05) is 13.1 Å². The molecule has 2 aliphatic rings. The highest BCUT2D eigenvalue weighted by Crippen LogP contribution is 2.26. The maximum absolute atomic E-state index is 11.8. The Morgan fingerprint density at radius 2 is 2.05 bits per heavy atom. The molecule has 2 rings (SSSR count). The molecule has 0 aromatic heterocycles. The monoisotopic (exact) mass is 285 g/mol. The zero-order chi connectivity index (χ0) is 14.7. The molecular formula is C13H23N3O4. The van der Waals surface area contributed by atoms with Gasteiger partial charge in [-0.1, -0.05) is 0 Å². The molecular weight excluding hydrogens is 262 g/mol. The summed E-state index contributed by atoms with van der Waals surface area (Å²) in [5.41, 5.74) is 0. The number of carbonyl (C=O) groups is 2. The second-order valence-electron chi connectivity index (χ2n) is 5.73. The lowest BCUT2D eigenvalue weighted by atomic mass is 9.98. The molecule has 2 aliphatic heterocycles. The van der Waals surface area contributed by atoms with Crippen molar-refractivity contribution in [1.29, 1.82) is 0 Å². The van der Waals surface area contributed by atoms with Crippen molar-refractivity contribution in [3.05, 3.63) is 0 Å². The van der Waals surface area contributed by atoms with Crippen molar-refractivity contribution >= 4 is 12.0 Å². The summed E-state index contributed by atoms with van der Waals surface area (Å²) in [6.45, 7) is 3.47. The molecule has 2 fully saturated rings. The van der Waals surface area contributed by atoms with E-state index in [0.717, 1.165) is 25.9 Å². The van der Waals surface area contributed by atoms with Gasteiger partial charge in [0.05, 0.1) is 6.10 Å². The molecule has 4 N–H and O–H groups in total. The fraction of sp³-hybridized carbons (Fsp3) is 0.846. The average Bonchev–Trinajstić information content (AvgIpc) is 2.82. The molecule has 4 atom stereocenters. The minimum Gasteiger partial charge on any atom is -0.480 e. The van der Waals surface area contributed by atoms with Crippen LogP contribution in [0.2, 0.25) is 0 Å². The summed E-state index contributed by atoms with van der Waals surface area (Å²) < 4.78 is 0. The highest BCUT2D eigenvalue weighted by atomic mass is 16.4. The van der Waals surface area contributed by atoms with E-state index in [2.05, 4.69) is 15.5 Å². The minimum atomic E-state index is -1.28. The number of aliphatic hydroxyl groups is 1. The van der Waals surface area contributed by atoms with E-state index in [4.69, 9.17) is 5.11 Å². The molecule has 20 heavy (non-hydrogen) atoms. The van der Waals surface area contributed by atoms with E-state index in [0.29, 0.717) is 6.04 Å². The van der Waals surface area contributed by atoms with Gasteiger partial charge in [-0.25, -0.2) is 9.59 Å². The van der Waals surface area contributed by atoms with Gasteiger partial charge in [-0.15, -0.1) is 0 Å². The summed E-state index contributed by atoms with van der Waals surface area (Å²) in [5, 5.41) is 23.4. The van der Waals surface area contributed by atoms with Crippen molar-refractivity contribution in [2.45, 2.75) is 56.8 Å². The largest absolute Gasteiger partial charge is 0.480 e. The molecule has 0 aromatic carbocycles. The summed E-state index contributed by atoms with van der Waals surface area (Å²) in [7, 11) is 0. The second-order valence-corrected chi connectivity index (χ2v) is 5.73. The number of carboxylic acid groups (broad SMARTS) is 1. The summed E-state index contributed by atoms with van der Waals surface area (Å²) in [6.07, 6.45) is 3.06. The number of rotatable bonds is 4. The lowest BCUT2D eigenvalue weighted by Crippen LogP contribution is -2.55. The molecule has 114 valence electrons. The Labute approximate surface area is 118 Å². The number of hydrogen-bond acceptors (Lipinski definition) is 4. The number of urea groups is 1. The van der Waals surface area contributed by atoms with Crippen molar-refractivity contribution in [2.24, 2.45) is 0 Å². The van der Waals surface area contributed by atoms with Gasteiger partial charge in [0.1, 0.15) is 0 Å². The van der Waals surface area contributed by atoms with E-state index in [1.165, 1.54) is 19.8 Å². The van der Waals surface area contributed by atoms with E-state index >= 15 is 0 Å². The number of carboxylic acids is 1. The van der Waals surface area contributed by atoms with Gasteiger partial charge in [-0.05, 0) is 39.2 Å². The number of hydrogen-bond donors (Lipinski definition) is 4. The maximum Gasteiger partial charge on any atom is 0.328 e. The summed E-state index contributed by atoms with van der Waals surface area (Å²) >= 11 is 0. The number of piperidine rings is 1. The van der Waals surface area contributed by atoms with Crippen LogP contribution in [0, 0.1) is 0 Å². The topological polar surface area (TPSA) is 102 Å². The number of nitrogens with zero attached hydrogens (tertiary/aromatic N) is 1. The molecule has 0 radical (unpaired) electrons. The minimum absolute atomic E-state index is 0.0813. The zero-order valence-corrected chi connectivity index (χ0v) is 11.7. The standard InChI is InChI=1S/C13H23N3O4/c1-8(17)11(12(18)19)15-13(20)14-9-4-6-16-5-2-3-10(16)7-9/h8-11,17H,2-7H2,1H3,(H,18,19)(H2,14,15,20)/t8-,9?,10?,11+/m1/s1. The van der Waals surface area contributed by atoms with Crippen LogP contribution in [-0.2, 0) is 4.79 Å². The summed E-state index contributed by atoms with van der Waals surface area (Å²) in [4.78, 5) is 25.2. The van der Waals surface area contributed by atoms with Crippen LogP contribution in [0.25, 0.3) is 0 Å². The summed E-state index contributed by atoms with van der Waals surface area (Å²) in [6, 6.07) is -1.17. The van der Waals surface area contributed by atoms with E-state index in [1.54, 1.807) is 0 Å². The Hall–Kier alpha value is -1.34. The third kappa shape index (κ3) is 3.61. The highest BCUT2D eigenvalue weighted by molar-refractivity contribution is 5.83. The highest BCUT2D eigenvalue weighted by Gasteiger charge is 2.33. The van der Waals surface area contributed by atoms with Crippen molar-refractivity contribution in [1.82, 2.24) is 15.5 Å². The molecule has 0 spiro atoms. The molecule has 2 unspecified atom stereocenters. The zero-order valence-electron chi connectivity index (χ0n) is 11.7. The lowest BCUT2D eigenvalue weighted by molar-refractivity contribution is -0.141. The number of aliphatic hydroxyl groups excluding tert-OH is 1. The molecule has 0 aliphatic carbocycles. The fourth-order valence-corrected chi connectivity index (χ4v) is 3.11. The normalized spacial score (nSPS) is 29.3. The van der Waals surface area contributed by atoms with Gasteiger partial charge >= 0.3 is 12.0 Å². The van der Waals surface area contributed by atoms with Crippen LogP contribution < -0.4 is 10.6 Å². The fourth-order valence-electron chi connectivity index (χ4n) is 3.11. The first kappa shape index (κ1) is 15.1. The number of amides is 2. The average molecular weight is 285 g/mol. The van der Waals surface area contributed by atoms with Crippen molar-refractivity contribution in [3.63, 3.8) is 0 Å². The van der Waals surface area contributed by atoms with E-state index in [-0.39, 0.29) is 6.04 Å². The molecule has 0 bridgehead atoms. The van der Waals surface area contributed by atoms with Crippen LogP contribution in [0.1, 0.15) is 32.6 Å². The molecule has 2 heterocycles. The number of nitrogens with one attached hydrogen (secondary N) is 2. The first-order valence-corrected chi connectivity index (χ1v) is 7.19. The number of aliphatic carboxylic acids is 1. The van der Waals surface area contributed by atoms with Crippen LogP contribution in [0.3, 0.4) is 0 Å². The quantitative estimate of drug-likeness (QED) is 0.570. The maximum atomic E-state index is 11.8. The van der Waals surface area contributed by atoms with Gasteiger partial charge in [0, 0.05) is 18.6 Å². The van der Waals surface area contributed by atoms with Crippen LogP contribution in [0.15, 0.2) is 0 Å². The number of fused-ring (bicyclic) bond motifs is 1. The van der Waals surface area contributed by atoms with Gasteiger partial charge in [0.15, 0.2) is 6.04 Å². The molecule has 0 saturated carbocycles. The molecule has 2 saturated heterocycles. The smallest absolute Gasteiger partial charge is 0.328 e. The Balaban J connectivity index is 1.80. The van der Waals surface area contributed by atoms with Crippen molar-refractivity contribution < 1.29 is 19.8 Å². The third-order valence-electron chi connectivity index (χ3n) is 4.19. The Bertz CT molecular complexity index is 375. The van der Waals surface area contributed by atoms with Gasteiger partial charge in [-0.2, -0.15) is 0 Å². The Kier molecular flexibility index (Phi) is 4.82. The first-order chi connectivity index (χ1) is 9.47. The van der Waals surface area contributed by atoms with Crippen LogP contribution in [0.4, 0.5) is 4.79 Å². The van der Waals surface area contributed by atoms with E-state index in [9.17, 15) is 14.7 Å². The first-order valence-electron chi connectivity index (χ1n) is 7.19.